The van der Waals surface area contributed by atoms with Gasteiger partial charge in [-0.05, 0) is 47.9 Å². The van der Waals surface area contributed by atoms with Gasteiger partial charge in [0, 0.05) is 55.8 Å². The number of aryl methyl sites for hydroxylation is 1. The highest BCUT2D eigenvalue weighted by Crippen LogP contribution is 2.59. The van der Waals surface area contributed by atoms with Crippen LogP contribution in [0.2, 0.25) is 18.6 Å². The van der Waals surface area contributed by atoms with Crippen LogP contribution in [-0.4, -0.2) is 65.5 Å². The number of hydrogen-bond acceptors (Lipinski definition) is 8. The summed E-state index contributed by atoms with van der Waals surface area (Å²) in [4.78, 5) is 27.5. The fourth-order valence-corrected chi connectivity index (χ4v) is 12.1. The summed E-state index contributed by atoms with van der Waals surface area (Å²) in [7, 11) is -0.664. The summed E-state index contributed by atoms with van der Waals surface area (Å²) in [6, 6.07) is 23.8. The molecule has 4 heterocycles. The molecule has 0 radical (unpaired) electrons. The maximum atomic E-state index is 14.2. The van der Waals surface area contributed by atoms with Crippen LogP contribution >= 0.6 is 0 Å². The second-order valence-corrected chi connectivity index (χ2v) is 18.4. The summed E-state index contributed by atoms with van der Waals surface area (Å²) < 4.78 is 14.4. The van der Waals surface area contributed by atoms with Crippen molar-refractivity contribution in [2.24, 2.45) is 11.0 Å². The number of amides is 2. The van der Waals surface area contributed by atoms with Crippen LogP contribution in [-0.2, 0) is 32.9 Å². The van der Waals surface area contributed by atoms with Gasteiger partial charge in [-0.1, -0.05) is 72.9 Å². The van der Waals surface area contributed by atoms with Crippen LogP contribution < -0.4 is 20.2 Å². The van der Waals surface area contributed by atoms with Crippen LogP contribution in [0, 0.1) is 5.92 Å². The third kappa shape index (κ3) is 5.77. The van der Waals surface area contributed by atoms with Gasteiger partial charge in [-0.3, -0.25) is 14.3 Å². The molecule has 0 aliphatic carbocycles. The molecule has 1 saturated heterocycles. The van der Waals surface area contributed by atoms with Gasteiger partial charge in [0.05, 0.1) is 38.4 Å². The van der Waals surface area contributed by atoms with Crippen molar-refractivity contribution in [1.82, 2.24) is 15.0 Å². The average Bonchev–Trinajstić information content (AvgIpc) is 3.78. The number of ether oxygens (including phenoxy) is 2. The van der Waals surface area contributed by atoms with Crippen molar-refractivity contribution < 1.29 is 24.2 Å². The summed E-state index contributed by atoms with van der Waals surface area (Å²) in [5.74, 6) is 0.315. The molecule has 2 amide bonds. The maximum absolute atomic E-state index is 14.2. The maximum Gasteiger partial charge on any atom is 0.261 e. The van der Waals surface area contributed by atoms with Gasteiger partial charge in [-0.2, -0.15) is 5.10 Å². The van der Waals surface area contributed by atoms with E-state index in [2.05, 4.69) is 47.8 Å². The van der Waals surface area contributed by atoms with E-state index in [0.717, 1.165) is 28.3 Å². The first kappa shape index (κ1) is 32.9. The van der Waals surface area contributed by atoms with E-state index in [1.165, 1.54) is 10.2 Å². The van der Waals surface area contributed by atoms with Gasteiger partial charge in [-0.25, -0.2) is 5.01 Å². The lowest BCUT2D eigenvalue weighted by Crippen LogP contribution is -2.51. The molecule has 1 spiro atoms. The van der Waals surface area contributed by atoms with Crippen LogP contribution in [0.25, 0.3) is 0 Å². The minimum absolute atomic E-state index is 0.00655. The normalized spacial score (nSPS) is 23.5. The van der Waals surface area contributed by atoms with Gasteiger partial charge in [0.15, 0.2) is 5.60 Å². The van der Waals surface area contributed by atoms with Crippen LogP contribution in [0.5, 0.6) is 5.75 Å². The third-order valence-electron chi connectivity index (χ3n) is 10.6. The zero-order valence-electron chi connectivity index (χ0n) is 28.3. The van der Waals surface area contributed by atoms with Gasteiger partial charge in [0.25, 0.3) is 5.91 Å². The van der Waals surface area contributed by atoms with Crippen molar-refractivity contribution in [3.63, 3.8) is 0 Å². The van der Waals surface area contributed by atoms with Crippen molar-refractivity contribution in [3.05, 3.63) is 95.8 Å². The Morgan fingerprint density at radius 1 is 1.06 bits per heavy atom. The van der Waals surface area contributed by atoms with Crippen molar-refractivity contribution >= 4 is 42.2 Å². The highest BCUT2D eigenvalue weighted by Gasteiger charge is 2.64. The molecule has 7 rings (SSSR count). The van der Waals surface area contributed by atoms with Crippen LogP contribution in [0.1, 0.15) is 43.0 Å². The Labute approximate surface area is 286 Å². The molecule has 3 aliphatic rings. The minimum atomic E-state index is -2.33. The van der Waals surface area contributed by atoms with Gasteiger partial charge < -0.3 is 19.9 Å². The van der Waals surface area contributed by atoms with E-state index in [0.29, 0.717) is 43.6 Å². The van der Waals surface area contributed by atoms with E-state index in [9.17, 15) is 14.7 Å². The lowest BCUT2D eigenvalue weighted by Gasteiger charge is -2.37. The van der Waals surface area contributed by atoms with Crippen LogP contribution in [0.3, 0.4) is 0 Å². The van der Waals surface area contributed by atoms with E-state index >= 15 is 0 Å². The number of aliphatic hydroxyl groups is 1. The summed E-state index contributed by atoms with van der Waals surface area (Å²) >= 11 is 0. The summed E-state index contributed by atoms with van der Waals surface area (Å²) in [5.41, 5.74) is 3.36. The SMILES string of the molecule is COc1ccc([Si](C)(C)[C@@H]2[C@@H](CCn3cc(CCO)nn3)O[C@]3(C(=O)Nc4ccc(N5N=C(c6ccccc6)CCC5=O)cc43)[C@H]2C)cc1. The molecule has 4 atom stereocenters. The number of aliphatic hydroxyl groups excluding tert-OH is 1. The molecule has 0 unspecified atom stereocenters. The van der Waals surface area contributed by atoms with Crippen molar-refractivity contribution in [1.29, 1.82) is 0 Å². The molecule has 3 aliphatic heterocycles. The molecule has 49 heavy (non-hydrogen) atoms. The van der Waals surface area contributed by atoms with E-state index < -0.39 is 13.7 Å². The molecule has 1 fully saturated rings. The van der Waals surface area contributed by atoms with Crippen molar-refractivity contribution in [2.75, 3.05) is 24.0 Å². The number of methoxy groups -OCH3 is 1. The fourth-order valence-electron chi connectivity index (χ4n) is 8.05. The summed E-state index contributed by atoms with van der Waals surface area (Å²) in [6.45, 7) is 7.37. The van der Waals surface area contributed by atoms with E-state index in [4.69, 9.17) is 14.6 Å². The number of hydrazone groups is 1. The van der Waals surface area contributed by atoms with E-state index in [1.807, 2.05) is 66.9 Å². The second-order valence-electron chi connectivity index (χ2n) is 13.7. The van der Waals surface area contributed by atoms with E-state index in [-0.39, 0.29) is 36.0 Å². The number of hydrogen-bond donors (Lipinski definition) is 2. The predicted octanol–water partition coefficient (Wildman–Crippen LogP) is 4.61. The zero-order chi connectivity index (χ0) is 34.3. The smallest absolute Gasteiger partial charge is 0.261 e. The number of carbonyl (C=O) groups excluding carboxylic acids is 2. The lowest BCUT2D eigenvalue weighted by molar-refractivity contribution is -0.143. The van der Waals surface area contributed by atoms with Gasteiger partial charge in [0.2, 0.25) is 5.91 Å². The molecule has 4 aromatic rings. The zero-order valence-corrected chi connectivity index (χ0v) is 29.3. The third-order valence-corrected chi connectivity index (χ3v) is 14.9. The number of benzene rings is 3. The molecule has 3 aromatic carbocycles. The Hall–Kier alpha value is -4.65. The summed E-state index contributed by atoms with van der Waals surface area (Å²) in [6.07, 6.45) is 3.54. The highest BCUT2D eigenvalue weighted by atomic mass is 28.3. The van der Waals surface area contributed by atoms with Crippen molar-refractivity contribution in [3.8, 4) is 5.75 Å². The lowest BCUT2D eigenvalue weighted by atomic mass is 9.82. The Kier molecular flexibility index (Phi) is 8.72. The molecule has 1 aromatic heterocycles. The van der Waals surface area contributed by atoms with Gasteiger partial charge >= 0.3 is 0 Å². The quantitative estimate of drug-likeness (QED) is 0.234. The second kappa shape index (κ2) is 13.0. The molecule has 0 saturated carbocycles. The summed E-state index contributed by atoms with van der Waals surface area (Å²) in [5, 5.41) is 28.5. The predicted molar refractivity (Wildman–Crippen MR) is 190 cm³/mol. The number of carbonyl (C=O) groups is 2. The number of nitrogens with one attached hydrogen (secondary N) is 1. The van der Waals surface area contributed by atoms with Gasteiger partial charge in [0.1, 0.15) is 5.75 Å². The average molecular weight is 679 g/mol. The van der Waals surface area contributed by atoms with Crippen LogP contribution in [0.15, 0.2) is 84.1 Å². The van der Waals surface area contributed by atoms with E-state index in [1.54, 1.807) is 11.8 Å². The molecule has 0 bridgehead atoms. The molecule has 2 N–H and O–H groups in total. The number of aromatic nitrogens is 3. The number of anilines is 2. The largest absolute Gasteiger partial charge is 0.497 e. The monoisotopic (exact) mass is 678 g/mol. The number of rotatable bonds is 10. The minimum Gasteiger partial charge on any atom is -0.497 e. The standard InChI is InChI=1S/C37H42N6O5Si/c1-24-35(49(3,4)29-13-11-28(47-2)12-14-29)33(18-20-42-23-26(19-21-44)39-41-42)48-37(24)30-22-27(10-15-32(30)38-36(37)46)43-34(45)17-16-31(40-43)25-8-6-5-7-9-25/h5-15,22-24,33,35,44H,16-21H2,1-4H3,(H,38,46)/t24-,33+,35-,37+/m0/s1. The molecule has 254 valence electrons. The highest BCUT2D eigenvalue weighted by molar-refractivity contribution is 6.91. The first-order chi connectivity index (χ1) is 23.6. The van der Waals surface area contributed by atoms with Crippen molar-refractivity contribution in [2.45, 2.75) is 69.5 Å². The molecule has 11 nitrogen and oxygen atoms in total. The number of fused-ring (bicyclic) bond motifs is 2. The molecular weight excluding hydrogens is 637 g/mol. The first-order valence-corrected chi connectivity index (χ1v) is 20.0. The Morgan fingerprint density at radius 2 is 1.84 bits per heavy atom. The number of nitrogens with zero attached hydrogens (tertiary/aromatic N) is 5. The van der Waals surface area contributed by atoms with Crippen LogP contribution in [0.4, 0.5) is 11.4 Å². The van der Waals surface area contributed by atoms with Gasteiger partial charge in [-0.15, -0.1) is 5.10 Å². The molecule has 12 heteroatoms. The fraction of sp³-hybridized carbons (Fsp3) is 0.378. The topological polar surface area (TPSA) is 131 Å². The molecular formula is C37H42N6O5Si. The Morgan fingerprint density at radius 3 is 2.57 bits per heavy atom. The Balaban J connectivity index is 1.27. The Bertz CT molecular complexity index is 1890. The first-order valence-electron chi connectivity index (χ1n) is 16.9.